The highest BCUT2D eigenvalue weighted by Crippen LogP contribution is 2.19. The van der Waals surface area contributed by atoms with E-state index in [1.54, 1.807) is 0 Å². The molecule has 0 aliphatic rings. The van der Waals surface area contributed by atoms with E-state index in [0.29, 0.717) is 5.82 Å². The summed E-state index contributed by atoms with van der Waals surface area (Å²) in [4.78, 5) is 0. The molecule has 0 rings (SSSR count). The van der Waals surface area contributed by atoms with Gasteiger partial charge in [-0.25, -0.2) is 0 Å². The molecule has 1 nitrogen and oxygen atoms in total. The number of unbranched alkanes of at least 4 members (excludes halogenated alkanes) is 2. The Hall–Kier alpha value is 0.0249. The van der Waals surface area contributed by atoms with Crippen LogP contribution in [0.5, 0.6) is 0 Å². The topological polar surface area (TPSA) is 20.2 Å². The smallest absolute Gasteiger partial charge is 0.290 e. The fraction of sp³-hybridized carbons (Fsp3) is 1.00. The van der Waals surface area contributed by atoms with Gasteiger partial charge >= 0.3 is 0 Å². The van der Waals surface area contributed by atoms with E-state index in [4.69, 9.17) is 5.02 Å². The first-order chi connectivity index (χ1) is 5.35. The van der Waals surface area contributed by atoms with Crippen molar-refractivity contribution in [2.45, 2.75) is 58.2 Å². The van der Waals surface area contributed by atoms with E-state index in [-0.39, 0.29) is 0 Å². The van der Waals surface area contributed by atoms with Crippen molar-refractivity contribution in [3.8, 4) is 0 Å². The molecule has 65 valence electrons. The molecule has 1 atom stereocenters. The van der Waals surface area contributed by atoms with Gasteiger partial charge in [0.1, 0.15) is 0 Å². The Kier molecular flexibility index (Phi) is 8.14. The minimum Gasteiger partial charge on any atom is -0.454 e. The maximum absolute atomic E-state index is 8.83. The molecule has 0 aromatic carbocycles. The molecule has 0 amide bonds. The number of rotatable bonds is 7. The third-order valence-corrected chi connectivity index (χ3v) is 2.05. The Balaban J connectivity index is 3.20. The van der Waals surface area contributed by atoms with E-state index in [2.05, 4.69) is 13.8 Å². The van der Waals surface area contributed by atoms with Gasteiger partial charge in [0.15, 0.2) is 0 Å². The summed E-state index contributed by atoms with van der Waals surface area (Å²) < 4.78 is 0. The summed E-state index contributed by atoms with van der Waals surface area (Å²) in [5, 5.41) is 8.83. The molecule has 1 N–H and O–H groups in total. The lowest BCUT2D eigenvalue weighted by molar-refractivity contribution is 0.525. The second-order valence-corrected chi connectivity index (χ2v) is 3.19. The second kappa shape index (κ2) is 8.12. The molecule has 0 heterocycles. The van der Waals surface area contributed by atoms with Crippen LogP contribution in [0.3, 0.4) is 0 Å². The molecular weight excluding hydrogens is 135 g/mol. The van der Waals surface area contributed by atoms with Gasteiger partial charge in [0, 0.05) is 0 Å². The van der Waals surface area contributed by atoms with E-state index in [1.165, 1.54) is 33.2 Å². The molecule has 0 aliphatic carbocycles. The van der Waals surface area contributed by atoms with Crippen LogP contribution in [-0.4, -0.2) is 12.5 Å². The van der Waals surface area contributed by atoms with Gasteiger partial charge in [0.05, 0.1) is 0 Å². The van der Waals surface area contributed by atoms with Crippen molar-refractivity contribution in [1.29, 1.82) is 0 Å². The molecule has 0 spiro atoms. The summed E-state index contributed by atoms with van der Waals surface area (Å²) >= 11 is 0. The van der Waals surface area contributed by atoms with Crippen molar-refractivity contribution in [2.75, 3.05) is 0 Å². The number of hydrogen-bond acceptors (Lipinski definition) is 1. The quantitative estimate of drug-likeness (QED) is 0.442. The maximum atomic E-state index is 8.83. The molecule has 0 saturated heterocycles. The van der Waals surface area contributed by atoms with Crippen LogP contribution in [0.25, 0.3) is 0 Å². The van der Waals surface area contributed by atoms with Crippen molar-refractivity contribution in [1.82, 2.24) is 0 Å². The van der Waals surface area contributed by atoms with Crippen LogP contribution in [-0.2, 0) is 0 Å². The molecule has 2 heteroatoms. The van der Waals surface area contributed by atoms with E-state index in [0.717, 1.165) is 12.8 Å². The van der Waals surface area contributed by atoms with Gasteiger partial charge in [0.25, 0.3) is 7.48 Å². The highest BCUT2D eigenvalue weighted by Gasteiger charge is 2.06. The average molecular weight is 155 g/mol. The van der Waals surface area contributed by atoms with Crippen molar-refractivity contribution in [3.05, 3.63) is 0 Å². The standard InChI is InChI=1S/C9H20BO/c1-3-5-6-8-9(10-11)7-4-2/h9,11H,3-8H2,1-2H3. The molecule has 0 fully saturated rings. The Morgan fingerprint density at radius 1 is 1.09 bits per heavy atom. The fourth-order valence-electron chi connectivity index (χ4n) is 1.32. The van der Waals surface area contributed by atoms with Crippen molar-refractivity contribution in [2.24, 2.45) is 0 Å². The van der Waals surface area contributed by atoms with Crippen LogP contribution in [0.2, 0.25) is 5.82 Å². The second-order valence-electron chi connectivity index (χ2n) is 3.19. The van der Waals surface area contributed by atoms with Gasteiger partial charge in [-0.3, -0.25) is 0 Å². The van der Waals surface area contributed by atoms with Crippen LogP contribution in [0.15, 0.2) is 0 Å². The van der Waals surface area contributed by atoms with Gasteiger partial charge in [0.2, 0.25) is 0 Å². The fourth-order valence-corrected chi connectivity index (χ4v) is 1.32. The first kappa shape index (κ1) is 11.0. The Labute approximate surface area is 71.5 Å². The zero-order valence-electron chi connectivity index (χ0n) is 7.84. The summed E-state index contributed by atoms with van der Waals surface area (Å²) in [6.45, 7) is 4.37. The highest BCUT2D eigenvalue weighted by atomic mass is 16.2. The Morgan fingerprint density at radius 3 is 2.27 bits per heavy atom. The van der Waals surface area contributed by atoms with Gasteiger partial charge < -0.3 is 5.02 Å². The first-order valence-electron chi connectivity index (χ1n) is 4.82. The molecule has 0 bridgehead atoms. The molecule has 1 radical (unpaired) electrons. The van der Waals surface area contributed by atoms with Crippen LogP contribution < -0.4 is 0 Å². The first-order valence-corrected chi connectivity index (χ1v) is 4.82. The van der Waals surface area contributed by atoms with E-state index < -0.39 is 0 Å². The third-order valence-electron chi connectivity index (χ3n) is 2.05. The van der Waals surface area contributed by atoms with E-state index >= 15 is 0 Å². The van der Waals surface area contributed by atoms with E-state index in [9.17, 15) is 0 Å². The predicted molar refractivity (Wildman–Crippen MR) is 50.8 cm³/mol. The lowest BCUT2D eigenvalue weighted by Crippen LogP contribution is -2.02. The molecule has 0 aromatic heterocycles. The SMILES string of the molecule is CCCCCC([B]O)CCC. The molecule has 11 heavy (non-hydrogen) atoms. The largest absolute Gasteiger partial charge is 0.454 e. The summed E-state index contributed by atoms with van der Waals surface area (Å²) in [5.41, 5.74) is 0. The maximum Gasteiger partial charge on any atom is 0.290 e. The van der Waals surface area contributed by atoms with Gasteiger partial charge in [-0.05, 0) is 5.82 Å². The third kappa shape index (κ3) is 6.42. The van der Waals surface area contributed by atoms with Crippen LogP contribution in [0.1, 0.15) is 52.4 Å². The van der Waals surface area contributed by atoms with Gasteiger partial charge in [-0.15, -0.1) is 0 Å². The molecule has 1 unspecified atom stereocenters. The Morgan fingerprint density at radius 2 is 1.82 bits per heavy atom. The number of hydrogen-bond donors (Lipinski definition) is 1. The van der Waals surface area contributed by atoms with Crippen LogP contribution in [0.4, 0.5) is 0 Å². The lowest BCUT2D eigenvalue weighted by Gasteiger charge is -2.10. The van der Waals surface area contributed by atoms with Crippen molar-refractivity contribution >= 4 is 7.48 Å². The normalized spacial score (nSPS) is 13.0. The van der Waals surface area contributed by atoms with E-state index in [1.807, 2.05) is 0 Å². The van der Waals surface area contributed by atoms with Crippen molar-refractivity contribution < 1.29 is 5.02 Å². The molecular formula is C9H20BO. The zero-order chi connectivity index (χ0) is 8.53. The van der Waals surface area contributed by atoms with Crippen molar-refractivity contribution in [3.63, 3.8) is 0 Å². The van der Waals surface area contributed by atoms with Gasteiger partial charge in [-0.2, -0.15) is 0 Å². The summed E-state index contributed by atoms with van der Waals surface area (Å²) in [7, 11) is 1.37. The monoisotopic (exact) mass is 155 g/mol. The highest BCUT2D eigenvalue weighted by molar-refractivity contribution is 6.27. The average Bonchev–Trinajstić information content (AvgIpc) is 2.03. The Bertz CT molecular complexity index is 76.0. The van der Waals surface area contributed by atoms with Crippen LogP contribution >= 0.6 is 0 Å². The summed E-state index contributed by atoms with van der Waals surface area (Å²) in [5.74, 6) is 0.451. The predicted octanol–water partition coefficient (Wildman–Crippen LogP) is 2.77. The molecule has 0 saturated carbocycles. The summed E-state index contributed by atoms with van der Waals surface area (Å²) in [6.07, 6.45) is 7.31. The zero-order valence-corrected chi connectivity index (χ0v) is 7.84. The molecule has 0 aliphatic heterocycles. The van der Waals surface area contributed by atoms with Crippen LogP contribution in [0, 0.1) is 0 Å². The summed E-state index contributed by atoms with van der Waals surface area (Å²) in [6, 6.07) is 0. The molecule has 0 aromatic rings. The minimum absolute atomic E-state index is 0.451. The van der Waals surface area contributed by atoms with Gasteiger partial charge in [-0.1, -0.05) is 52.4 Å². The minimum atomic E-state index is 0.451. The lowest BCUT2D eigenvalue weighted by atomic mass is 9.74.